The number of hydrogen-bond donors (Lipinski definition) is 2. The lowest BCUT2D eigenvalue weighted by molar-refractivity contribution is 0.183. The minimum Gasteiger partial charge on any atom is -0.381 e. The topological polar surface area (TPSA) is 75.7 Å². The molecule has 1 saturated heterocycles. The number of aromatic amines is 1. The van der Waals surface area contributed by atoms with Gasteiger partial charge in [-0.15, -0.1) is 0 Å². The van der Waals surface area contributed by atoms with Crippen LogP contribution in [0.5, 0.6) is 0 Å². The Labute approximate surface area is 109 Å². The number of H-pyrrole nitrogens is 1. The SMILES string of the molecule is CC(Nc1nc(Cl)nc2[nH]ncc12)C1CCOC1. The highest BCUT2D eigenvalue weighted by molar-refractivity contribution is 6.28. The molecule has 0 bridgehead atoms. The fraction of sp³-hybridized carbons (Fsp3) is 0.545. The lowest BCUT2D eigenvalue weighted by atomic mass is 10.0. The molecular formula is C11H14ClN5O. The molecule has 2 aromatic rings. The van der Waals surface area contributed by atoms with Gasteiger partial charge in [0.05, 0.1) is 18.2 Å². The highest BCUT2D eigenvalue weighted by atomic mass is 35.5. The molecule has 96 valence electrons. The van der Waals surface area contributed by atoms with E-state index in [4.69, 9.17) is 16.3 Å². The largest absolute Gasteiger partial charge is 0.381 e. The number of halogens is 1. The number of anilines is 1. The fourth-order valence-corrected chi connectivity index (χ4v) is 2.37. The Bertz CT molecular complexity index is 551. The van der Waals surface area contributed by atoms with Crippen molar-refractivity contribution in [2.75, 3.05) is 18.5 Å². The molecular weight excluding hydrogens is 254 g/mol. The van der Waals surface area contributed by atoms with E-state index in [2.05, 4.69) is 32.4 Å². The predicted molar refractivity (Wildman–Crippen MR) is 68.7 cm³/mol. The molecule has 2 N–H and O–H groups in total. The molecule has 0 saturated carbocycles. The van der Waals surface area contributed by atoms with Crippen LogP contribution in [0.1, 0.15) is 13.3 Å². The number of nitrogens with one attached hydrogen (secondary N) is 2. The Kier molecular flexibility index (Phi) is 3.05. The second-order valence-corrected chi connectivity index (χ2v) is 4.87. The summed E-state index contributed by atoms with van der Waals surface area (Å²) in [5, 5.41) is 11.2. The van der Waals surface area contributed by atoms with Gasteiger partial charge in [0.2, 0.25) is 5.28 Å². The zero-order chi connectivity index (χ0) is 12.5. The van der Waals surface area contributed by atoms with E-state index in [1.807, 2.05) is 0 Å². The van der Waals surface area contributed by atoms with Crippen molar-refractivity contribution in [3.8, 4) is 0 Å². The van der Waals surface area contributed by atoms with Crippen LogP contribution in [0.2, 0.25) is 5.28 Å². The van der Waals surface area contributed by atoms with E-state index in [1.165, 1.54) is 0 Å². The predicted octanol–water partition coefficient (Wildman–Crippen LogP) is 1.84. The van der Waals surface area contributed by atoms with Gasteiger partial charge in [-0.2, -0.15) is 15.1 Å². The second kappa shape index (κ2) is 4.70. The first-order chi connectivity index (χ1) is 8.74. The van der Waals surface area contributed by atoms with E-state index < -0.39 is 0 Å². The van der Waals surface area contributed by atoms with Gasteiger partial charge in [-0.3, -0.25) is 5.10 Å². The maximum absolute atomic E-state index is 5.89. The fourth-order valence-electron chi connectivity index (χ4n) is 2.20. The number of hydrogen-bond acceptors (Lipinski definition) is 5. The maximum atomic E-state index is 5.89. The third-order valence-electron chi connectivity index (χ3n) is 3.32. The first-order valence-corrected chi connectivity index (χ1v) is 6.33. The van der Waals surface area contributed by atoms with Crippen LogP contribution in [0.15, 0.2) is 6.20 Å². The van der Waals surface area contributed by atoms with Crippen LogP contribution >= 0.6 is 11.6 Å². The van der Waals surface area contributed by atoms with Crippen molar-refractivity contribution >= 4 is 28.5 Å². The van der Waals surface area contributed by atoms with Crippen molar-refractivity contribution in [2.24, 2.45) is 5.92 Å². The molecule has 18 heavy (non-hydrogen) atoms. The second-order valence-electron chi connectivity index (χ2n) is 4.53. The van der Waals surface area contributed by atoms with Crippen molar-refractivity contribution in [1.82, 2.24) is 20.2 Å². The Morgan fingerprint density at radius 1 is 1.56 bits per heavy atom. The molecule has 0 amide bonds. The van der Waals surface area contributed by atoms with Crippen molar-refractivity contribution in [1.29, 1.82) is 0 Å². The summed E-state index contributed by atoms with van der Waals surface area (Å²) < 4.78 is 5.39. The number of nitrogens with zero attached hydrogens (tertiary/aromatic N) is 3. The summed E-state index contributed by atoms with van der Waals surface area (Å²) in [5.74, 6) is 1.22. The molecule has 2 aromatic heterocycles. The van der Waals surface area contributed by atoms with Crippen LogP contribution in [0.25, 0.3) is 11.0 Å². The van der Waals surface area contributed by atoms with Crippen molar-refractivity contribution < 1.29 is 4.74 Å². The van der Waals surface area contributed by atoms with Gasteiger partial charge >= 0.3 is 0 Å². The number of aromatic nitrogens is 4. The van der Waals surface area contributed by atoms with Gasteiger partial charge in [0.15, 0.2) is 5.65 Å². The van der Waals surface area contributed by atoms with Gasteiger partial charge in [0, 0.05) is 18.6 Å². The van der Waals surface area contributed by atoms with Crippen LogP contribution in [-0.4, -0.2) is 39.4 Å². The molecule has 3 rings (SSSR count). The van der Waals surface area contributed by atoms with Gasteiger partial charge in [0.1, 0.15) is 5.82 Å². The first kappa shape index (κ1) is 11.7. The van der Waals surface area contributed by atoms with Crippen LogP contribution in [0.3, 0.4) is 0 Å². The number of rotatable bonds is 3. The van der Waals surface area contributed by atoms with Crippen LogP contribution in [0.4, 0.5) is 5.82 Å². The number of ether oxygens (including phenoxy) is 1. The van der Waals surface area contributed by atoms with Crippen LogP contribution in [0, 0.1) is 5.92 Å². The van der Waals surface area contributed by atoms with E-state index in [9.17, 15) is 0 Å². The van der Waals surface area contributed by atoms with E-state index in [1.54, 1.807) is 6.20 Å². The third-order valence-corrected chi connectivity index (χ3v) is 3.49. The van der Waals surface area contributed by atoms with Gasteiger partial charge in [-0.05, 0) is 24.9 Å². The van der Waals surface area contributed by atoms with Gasteiger partial charge in [-0.1, -0.05) is 0 Å². The Morgan fingerprint density at radius 2 is 2.44 bits per heavy atom. The minimum atomic E-state index is 0.212. The summed E-state index contributed by atoms with van der Waals surface area (Å²) >= 11 is 5.89. The number of fused-ring (bicyclic) bond motifs is 1. The van der Waals surface area contributed by atoms with E-state index in [0.717, 1.165) is 30.8 Å². The summed E-state index contributed by atoms with van der Waals surface area (Å²) in [5.41, 5.74) is 0.646. The Balaban J connectivity index is 1.86. The molecule has 2 unspecified atom stereocenters. The van der Waals surface area contributed by atoms with E-state index in [0.29, 0.717) is 11.6 Å². The van der Waals surface area contributed by atoms with Gasteiger partial charge in [-0.25, -0.2) is 0 Å². The van der Waals surface area contributed by atoms with Gasteiger partial charge < -0.3 is 10.1 Å². The minimum absolute atomic E-state index is 0.212. The van der Waals surface area contributed by atoms with Gasteiger partial charge in [0.25, 0.3) is 0 Å². The molecule has 1 fully saturated rings. The summed E-state index contributed by atoms with van der Waals surface area (Å²) in [4.78, 5) is 8.30. The Hall–Kier alpha value is -1.40. The zero-order valence-corrected chi connectivity index (χ0v) is 10.7. The molecule has 2 atom stereocenters. The molecule has 6 nitrogen and oxygen atoms in total. The third kappa shape index (κ3) is 2.13. The average Bonchev–Trinajstić information content (AvgIpc) is 2.98. The van der Waals surface area contributed by atoms with Crippen LogP contribution < -0.4 is 5.32 Å². The zero-order valence-electron chi connectivity index (χ0n) is 9.98. The van der Waals surface area contributed by atoms with Crippen molar-refractivity contribution in [2.45, 2.75) is 19.4 Å². The molecule has 0 radical (unpaired) electrons. The summed E-state index contributed by atoms with van der Waals surface area (Å²) in [6.45, 7) is 3.76. The summed E-state index contributed by atoms with van der Waals surface area (Å²) in [6.07, 6.45) is 2.77. The monoisotopic (exact) mass is 267 g/mol. The van der Waals surface area contributed by atoms with Crippen molar-refractivity contribution in [3.05, 3.63) is 11.5 Å². The standard InChI is InChI=1S/C11H14ClN5O/c1-6(7-2-3-18-5-7)14-9-8-4-13-17-10(8)16-11(12)15-9/h4,6-7H,2-3,5H2,1H3,(H2,13,14,15,16,17). The highest BCUT2D eigenvalue weighted by Gasteiger charge is 2.23. The molecule has 1 aliphatic heterocycles. The molecule has 0 spiro atoms. The lowest BCUT2D eigenvalue weighted by Crippen LogP contribution is -2.26. The summed E-state index contributed by atoms with van der Waals surface area (Å²) in [6, 6.07) is 0.275. The Morgan fingerprint density at radius 3 is 3.22 bits per heavy atom. The molecule has 0 aliphatic carbocycles. The average molecular weight is 268 g/mol. The normalized spacial score (nSPS) is 21.3. The molecule has 0 aromatic carbocycles. The molecule has 3 heterocycles. The maximum Gasteiger partial charge on any atom is 0.226 e. The quantitative estimate of drug-likeness (QED) is 0.830. The molecule has 7 heteroatoms. The molecule has 1 aliphatic rings. The van der Waals surface area contributed by atoms with E-state index in [-0.39, 0.29) is 11.3 Å². The lowest BCUT2D eigenvalue weighted by Gasteiger charge is -2.20. The van der Waals surface area contributed by atoms with Crippen molar-refractivity contribution in [3.63, 3.8) is 0 Å². The van der Waals surface area contributed by atoms with E-state index >= 15 is 0 Å². The first-order valence-electron chi connectivity index (χ1n) is 5.95. The smallest absolute Gasteiger partial charge is 0.226 e. The highest BCUT2D eigenvalue weighted by Crippen LogP contribution is 2.24. The van der Waals surface area contributed by atoms with Crippen LogP contribution in [-0.2, 0) is 4.74 Å². The summed E-state index contributed by atoms with van der Waals surface area (Å²) in [7, 11) is 0.